The van der Waals surface area contributed by atoms with Gasteiger partial charge in [0.15, 0.2) is 0 Å². The molecule has 2 atom stereocenters. The number of H-pyrrole nitrogens is 1. The summed E-state index contributed by atoms with van der Waals surface area (Å²) in [6.07, 6.45) is 3.88. The fraction of sp³-hybridized carbons (Fsp3) is 0.435. The van der Waals surface area contributed by atoms with Crippen molar-refractivity contribution in [3.8, 4) is 0 Å². The van der Waals surface area contributed by atoms with Crippen LogP contribution in [0.15, 0.2) is 35.1 Å². The molecule has 4 rings (SSSR count). The SMILES string of the molecule is C[C@@H]1CCc2c(sc3nc(CCC(=O)NC[C@H](C)c4ccccc4)[nH]c(=O)c23)C1. The van der Waals surface area contributed by atoms with Gasteiger partial charge in [-0.2, -0.15) is 0 Å². The number of hydrogen-bond acceptors (Lipinski definition) is 4. The van der Waals surface area contributed by atoms with E-state index in [0.717, 1.165) is 29.5 Å². The normalized spacial score (nSPS) is 17.1. The predicted molar refractivity (Wildman–Crippen MR) is 118 cm³/mol. The van der Waals surface area contributed by atoms with Crippen LogP contribution < -0.4 is 10.9 Å². The minimum absolute atomic E-state index is 0.0187. The van der Waals surface area contributed by atoms with Crippen molar-refractivity contribution in [1.82, 2.24) is 15.3 Å². The molecule has 1 aromatic carbocycles. The average Bonchev–Trinajstić information content (AvgIpc) is 3.08. The van der Waals surface area contributed by atoms with Crippen LogP contribution in [-0.4, -0.2) is 22.4 Å². The molecule has 3 aromatic rings. The number of hydrogen-bond donors (Lipinski definition) is 2. The van der Waals surface area contributed by atoms with Crippen molar-refractivity contribution in [2.75, 3.05) is 6.54 Å². The maximum Gasteiger partial charge on any atom is 0.259 e. The fourth-order valence-electron chi connectivity index (χ4n) is 4.00. The van der Waals surface area contributed by atoms with Gasteiger partial charge in [-0.15, -0.1) is 11.3 Å². The smallest absolute Gasteiger partial charge is 0.259 e. The molecule has 152 valence electrons. The van der Waals surface area contributed by atoms with Gasteiger partial charge in [0.2, 0.25) is 5.91 Å². The summed E-state index contributed by atoms with van der Waals surface area (Å²) in [6.45, 7) is 4.96. The second-order valence-electron chi connectivity index (χ2n) is 8.16. The van der Waals surface area contributed by atoms with Crippen molar-refractivity contribution in [2.24, 2.45) is 5.92 Å². The Balaban J connectivity index is 1.38. The van der Waals surface area contributed by atoms with E-state index in [9.17, 15) is 9.59 Å². The summed E-state index contributed by atoms with van der Waals surface area (Å²) in [7, 11) is 0. The molecule has 0 saturated carbocycles. The summed E-state index contributed by atoms with van der Waals surface area (Å²) in [6, 6.07) is 10.2. The van der Waals surface area contributed by atoms with Gasteiger partial charge in [-0.05, 0) is 42.2 Å². The second kappa shape index (κ2) is 8.49. The largest absolute Gasteiger partial charge is 0.355 e. The number of nitrogens with zero attached hydrogens (tertiary/aromatic N) is 1. The second-order valence-corrected chi connectivity index (χ2v) is 9.24. The summed E-state index contributed by atoms with van der Waals surface area (Å²) < 4.78 is 0. The molecule has 0 bridgehead atoms. The first-order valence-corrected chi connectivity index (χ1v) is 11.2. The predicted octanol–water partition coefficient (Wildman–Crippen LogP) is 3.96. The van der Waals surface area contributed by atoms with Crippen molar-refractivity contribution in [1.29, 1.82) is 0 Å². The number of carbonyl (C=O) groups is 1. The lowest BCUT2D eigenvalue weighted by atomic mass is 9.89. The zero-order valence-corrected chi connectivity index (χ0v) is 17.8. The van der Waals surface area contributed by atoms with Crippen LogP contribution in [0.1, 0.15) is 54.4 Å². The highest BCUT2D eigenvalue weighted by molar-refractivity contribution is 7.18. The molecule has 5 nitrogen and oxygen atoms in total. The molecule has 0 spiro atoms. The first-order chi connectivity index (χ1) is 14.0. The van der Waals surface area contributed by atoms with Crippen LogP contribution in [-0.2, 0) is 24.1 Å². The molecule has 1 amide bonds. The van der Waals surface area contributed by atoms with Gasteiger partial charge in [-0.3, -0.25) is 9.59 Å². The molecule has 0 unspecified atom stereocenters. The number of fused-ring (bicyclic) bond motifs is 3. The van der Waals surface area contributed by atoms with Gasteiger partial charge < -0.3 is 10.3 Å². The standard InChI is InChI=1S/C23H27N3O2S/c1-14-8-9-17-18(12-14)29-23-21(17)22(28)25-19(26-23)10-11-20(27)24-13-15(2)16-6-4-3-5-7-16/h3-7,14-15H,8-13H2,1-2H3,(H,24,27)(H,25,26,28)/t14-,15+/m1/s1. The molecule has 0 radical (unpaired) electrons. The van der Waals surface area contributed by atoms with E-state index in [-0.39, 0.29) is 17.4 Å². The number of carbonyl (C=O) groups excluding carboxylic acids is 1. The van der Waals surface area contributed by atoms with E-state index < -0.39 is 0 Å². The quantitative estimate of drug-likeness (QED) is 0.647. The van der Waals surface area contributed by atoms with Gasteiger partial charge in [-0.1, -0.05) is 44.2 Å². The van der Waals surface area contributed by atoms with E-state index in [1.807, 2.05) is 18.2 Å². The van der Waals surface area contributed by atoms with Crippen LogP contribution in [0.4, 0.5) is 0 Å². The van der Waals surface area contributed by atoms with Crippen LogP contribution in [0.2, 0.25) is 0 Å². The van der Waals surface area contributed by atoms with Crippen LogP contribution in [0.25, 0.3) is 10.2 Å². The Morgan fingerprint density at radius 3 is 2.93 bits per heavy atom. The minimum Gasteiger partial charge on any atom is -0.355 e. The van der Waals surface area contributed by atoms with Crippen LogP contribution in [0.3, 0.4) is 0 Å². The van der Waals surface area contributed by atoms with Crippen molar-refractivity contribution in [2.45, 2.75) is 51.9 Å². The molecule has 0 saturated heterocycles. The molecule has 2 N–H and O–H groups in total. The van der Waals surface area contributed by atoms with E-state index in [2.05, 4.69) is 41.3 Å². The van der Waals surface area contributed by atoms with Crippen molar-refractivity contribution < 1.29 is 4.79 Å². The van der Waals surface area contributed by atoms with Gasteiger partial charge in [0, 0.05) is 24.3 Å². The Kier molecular flexibility index (Phi) is 5.81. The summed E-state index contributed by atoms with van der Waals surface area (Å²) in [5, 5.41) is 3.76. The van der Waals surface area contributed by atoms with Crippen LogP contribution in [0, 0.1) is 5.92 Å². The molecular formula is C23H27N3O2S. The summed E-state index contributed by atoms with van der Waals surface area (Å²) >= 11 is 1.65. The highest BCUT2D eigenvalue weighted by atomic mass is 32.1. The van der Waals surface area contributed by atoms with Gasteiger partial charge >= 0.3 is 0 Å². The van der Waals surface area contributed by atoms with Crippen LogP contribution in [0.5, 0.6) is 0 Å². The van der Waals surface area contributed by atoms with Gasteiger partial charge in [0.25, 0.3) is 5.56 Å². The Morgan fingerprint density at radius 1 is 1.34 bits per heavy atom. The Hall–Kier alpha value is -2.47. The van der Waals surface area contributed by atoms with Crippen molar-refractivity contribution in [3.63, 3.8) is 0 Å². The molecule has 0 fully saturated rings. The number of nitrogens with one attached hydrogen (secondary N) is 2. The molecule has 2 aromatic heterocycles. The number of thiophene rings is 1. The minimum atomic E-state index is -0.0600. The van der Waals surface area contributed by atoms with E-state index in [1.54, 1.807) is 11.3 Å². The number of amides is 1. The zero-order chi connectivity index (χ0) is 20.4. The van der Waals surface area contributed by atoms with Gasteiger partial charge in [0.05, 0.1) is 5.39 Å². The average molecular weight is 410 g/mol. The number of benzene rings is 1. The van der Waals surface area contributed by atoms with Crippen molar-refractivity contribution >= 4 is 27.5 Å². The summed E-state index contributed by atoms with van der Waals surface area (Å²) in [5.41, 5.74) is 2.34. The number of aromatic amines is 1. The maximum atomic E-state index is 12.6. The monoisotopic (exact) mass is 409 g/mol. The molecular weight excluding hydrogens is 382 g/mol. The zero-order valence-electron chi connectivity index (χ0n) is 17.0. The highest BCUT2D eigenvalue weighted by Crippen LogP contribution is 2.35. The molecule has 0 aliphatic heterocycles. The third-order valence-electron chi connectivity index (χ3n) is 5.78. The van der Waals surface area contributed by atoms with Crippen LogP contribution >= 0.6 is 11.3 Å². The maximum absolute atomic E-state index is 12.6. The molecule has 29 heavy (non-hydrogen) atoms. The van der Waals surface area contributed by atoms with E-state index in [4.69, 9.17) is 0 Å². The third kappa shape index (κ3) is 4.42. The number of aryl methyl sites for hydroxylation is 2. The number of aromatic nitrogens is 2. The molecule has 1 aliphatic rings. The summed E-state index contributed by atoms with van der Waals surface area (Å²) in [5.74, 6) is 1.50. The first-order valence-electron chi connectivity index (χ1n) is 10.4. The molecule has 2 heterocycles. The Bertz CT molecular complexity index is 1070. The molecule has 1 aliphatic carbocycles. The first kappa shape index (κ1) is 19.8. The molecule has 6 heteroatoms. The van der Waals surface area contributed by atoms with Gasteiger partial charge in [-0.25, -0.2) is 4.98 Å². The van der Waals surface area contributed by atoms with E-state index >= 15 is 0 Å². The fourth-order valence-corrected chi connectivity index (χ4v) is 5.40. The lowest BCUT2D eigenvalue weighted by Gasteiger charge is -2.17. The third-order valence-corrected chi connectivity index (χ3v) is 6.93. The van der Waals surface area contributed by atoms with E-state index in [0.29, 0.717) is 31.1 Å². The van der Waals surface area contributed by atoms with E-state index in [1.165, 1.54) is 16.0 Å². The highest BCUT2D eigenvalue weighted by Gasteiger charge is 2.23. The van der Waals surface area contributed by atoms with Crippen molar-refractivity contribution in [3.05, 3.63) is 62.5 Å². The number of rotatable bonds is 6. The Labute approximate surface area is 174 Å². The lowest BCUT2D eigenvalue weighted by molar-refractivity contribution is -0.121. The topological polar surface area (TPSA) is 74.8 Å². The summed E-state index contributed by atoms with van der Waals surface area (Å²) in [4.78, 5) is 34.6. The Morgan fingerprint density at radius 2 is 2.14 bits per heavy atom. The lowest BCUT2D eigenvalue weighted by Crippen LogP contribution is -2.28. The van der Waals surface area contributed by atoms with Gasteiger partial charge in [0.1, 0.15) is 10.7 Å².